The normalized spacial score (nSPS) is 17.6. The van der Waals surface area contributed by atoms with E-state index in [1.165, 1.54) is 18.9 Å². The highest BCUT2D eigenvalue weighted by molar-refractivity contribution is 7.99. The van der Waals surface area contributed by atoms with Crippen LogP contribution in [0.25, 0.3) is 0 Å². The maximum Gasteiger partial charge on any atom is 0.273 e. The van der Waals surface area contributed by atoms with Crippen LogP contribution in [0.3, 0.4) is 0 Å². The van der Waals surface area contributed by atoms with Crippen LogP contribution in [0, 0.1) is 0 Å². The van der Waals surface area contributed by atoms with Gasteiger partial charge in [-0.05, 0) is 31.2 Å². The number of rotatable bonds is 8. The van der Waals surface area contributed by atoms with Crippen LogP contribution in [0.4, 0.5) is 0 Å². The van der Waals surface area contributed by atoms with Crippen molar-refractivity contribution in [1.29, 1.82) is 0 Å². The van der Waals surface area contributed by atoms with Crippen molar-refractivity contribution in [1.82, 2.24) is 10.0 Å². The van der Waals surface area contributed by atoms with Crippen molar-refractivity contribution in [3.8, 4) is 0 Å². The zero-order chi connectivity index (χ0) is 13.9. The van der Waals surface area contributed by atoms with Crippen LogP contribution in [0.5, 0.6) is 0 Å². The van der Waals surface area contributed by atoms with Gasteiger partial charge in [0.15, 0.2) is 0 Å². The molecule has 1 aromatic heterocycles. The van der Waals surface area contributed by atoms with Gasteiger partial charge in [-0.2, -0.15) is 11.8 Å². The largest absolute Gasteiger partial charge is 0.447 e. The first-order chi connectivity index (χ1) is 9.01. The van der Waals surface area contributed by atoms with Crippen LogP contribution in [0.1, 0.15) is 25.5 Å². The molecule has 7 heteroatoms. The van der Waals surface area contributed by atoms with E-state index in [2.05, 4.69) is 10.0 Å². The third-order valence-electron chi connectivity index (χ3n) is 3.01. The van der Waals surface area contributed by atoms with Crippen LogP contribution in [-0.2, 0) is 16.6 Å². The molecule has 0 aromatic carbocycles. The van der Waals surface area contributed by atoms with E-state index in [1.54, 1.807) is 17.8 Å². The van der Waals surface area contributed by atoms with E-state index in [0.717, 1.165) is 0 Å². The van der Waals surface area contributed by atoms with E-state index in [-0.39, 0.29) is 10.3 Å². The van der Waals surface area contributed by atoms with Crippen LogP contribution in [-0.4, -0.2) is 32.5 Å². The summed E-state index contributed by atoms with van der Waals surface area (Å²) in [6.45, 7) is 2.96. The number of furan rings is 1. The van der Waals surface area contributed by atoms with E-state index in [4.69, 9.17) is 4.42 Å². The van der Waals surface area contributed by atoms with Crippen LogP contribution < -0.4 is 10.0 Å². The Morgan fingerprint density at radius 2 is 2.21 bits per heavy atom. The number of thioether (sulfide) groups is 1. The quantitative estimate of drug-likeness (QED) is 0.762. The van der Waals surface area contributed by atoms with E-state index >= 15 is 0 Å². The van der Waals surface area contributed by atoms with Crippen LogP contribution in [0.2, 0.25) is 0 Å². The Bertz CT molecular complexity index is 509. The van der Waals surface area contributed by atoms with Crippen molar-refractivity contribution >= 4 is 21.8 Å². The highest BCUT2D eigenvalue weighted by Crippen LogP contribution is 2.20. The Kier molecular flexibility index (Phi) is 4.94. The molecule has 1 aliphatic carbocycles. The average Bonchev–Trinajstić information content (AvgIpc) is 3.09. The molecule has 108 valence electrons. The van der Waals surface area contributed by atoms with Crippen molar-refractivity contribution in [2.45, 2.75) is 42.7 Å². The van der Waals surface area contributed by atoms with Gasteiger partial charge in [0.2, 0.25) is 5.09 Å². The Hall–Kier alpha value is -0.500. The Morgan fingerprint density at radius 3 is 2.84 bits per heavy atom. The van der Waals surface area contributed by atoms with Crippen molar-refractivity contribution in [2.75, 3.05) is 12.8 Å². The molecule has 1 saturated carbocycles. The summed E-state index contributed by atoms with van der Waals surface area (Å²) in [5.74, 6) is 0.658. The summed E-state index contributed by atoms with van der Waals surface area (Å²) in [5, 5.41) is 3.52. The Morgan fingerprint density at radius 1 is 1.47 bits per heavy atom. The summed E-state index contributed by atoms with van der Waals surface area (Å²) in [6, 6.07) is 3.79. The van der Waals surface area contributed by atoms with Gasteiger partial charge < -0.3 is 9.73 Å². The summed E-state index contributed by atoms with van der Waals surface area (Å²) in [4.78, 5) is 0. The third kappa shape index (κ3) is 4.52. The summed E-state index contributed by atoms with van der Waals surface area (Å²) in [7, 11) is -3.53. The molecular weight excluding hydrogens is 284 g/mol. The Labute approximate surface area is 118 Å². The minimum absolute atomic E-state index is 0.00611. The van der Waals surface area contributed by atoms with Crippen molar-refractivity contribution in [2.24, 2.45) is 0 Å². The van der Waals surface area contributed by atoms with Crippen LogP contribution in [0.15, 0.2) is 21.6 Å². The van der Waals surface area contributed by atoms with Crippen molar-refractivity contribution < 1.29 is 12.8 Å². The first-order valence-electron chi connectivity index (χ1n) is 6.36. The monoisotopic (exact) mass is 304 g/mol. The maximum atomic E-state index is 12.0. The smallest absolute Gasteiger partial charge is 0.273 e. The summed E-state index contributed by atoms with van der Waals surface area (Å²) in [5.41, 5.74) is 0. The third-order valence-corrected chi connectivity index (χ3v) is 5.27. The molecule has 0 radical (unpaired) electrons. The Balaban J connectivity index is 1.91. The lowest BCUT2D eigenvalue weighted by atomic mass is 10.4. The second-order valence-electron chi connectivity index (χ2n) is 4.77. The van der Waals surface area contributed by atoms with Gasteiger partial charge in [0.1, 0.15) is 5.76 Å². The summed E-state index contributed by atoms with van der Waals surface area (Å²) >= 11 is 1.62. The molecule has 0 aliphatic heterocycles. The van der Waals surface area contributed by atoms with Gasteiger partial charge >= 0.3 is 0 Å². The lowest BCUT2D eigenvalue weighted by molar-refractivity contribution is 0.399. The minimum Gasteiger partial charge on any atom is -0.447 e. The molecule has 1 unspecified atom stereocenters. The van der Waals surface area contributed by atoms with Crippen molar-refractivity contribution in [3.05, 3.63) is 17.9 Å². The molecule has 19 heavy (non-hydrogen) atoms. The first kappa shape index (κ1) is 14.9. The zero-order valence-corrected chi connectivity index (χ0v) is 12.8. The predicted octanol–water partition coefficient (Wildman–Crippen LogP) is 1.56. The molecule has 1 aromatic rings. The van der Waals surface area contributed by atoms with E-state index in [0.29, 0.717) is 24.9 Å². The van der Waals surface area contributed by atoms with Crippen molar-refractivity contribution in [3.63, 3.8) is 0 Å². The SMILES string of the molecule is CSC(C)CNS(=O)(=O)c1ccc(CNC2CC2)o1. The van der Waals surface area contributed by atoms with Gasteiger partial charge in [-0.25, -0.2) is 13.1 Å². The molecule has 5 nitrogen and oxygen atoms in total. The number of hydrogen-bond acceptors (Lipinski definition) is 5. The van der Waals surface area contributed by atoms with Gasteiger partial charge in [-0.3, -0.25) is 0 Å². The fraction of sp³-hybridized carbons (Fsp3) is 0.667. The highest BCUT2D eigenvalue weighted by atomic mass is 32.2. The van der Waals surface area contributed by atoms with Gasteiger partial charge in [0, 0.05) is 17.8 Å². The molecule has 1 fully saturated rings. The minimum atomic E-state index is -3.53. The lowest BCUT2D eigenvalue weighted by Gasteiger charge is -2.08. The van der Waals surface area contributed by atoms with E-state index < -0.39 is 10.0 Å². The van der Waals surface area contributed by atoms with Gasteiger partial charge in [-0.15, -0.1) is 0 Å². The fourth-order valence-electron chi connectivity index (χ4n) is 1.51. The molecule has 2 N–H and O–H groups in total. The second-order valence-corrected chi connectivity index (χ2v) is 7.75. The maximum absolute atomic E-state index is 12.0. The second kappa shape index (κ2) is 6.30. The fourth-order valence-corrected chi connectivity index (χ4v) is 2.94. The van der Waals surface area contributed by atoms with E-state index in [9.17, 15) is 8.42 Å². The highest BCUT2D eigenvalue weighted by Gasteiger charge is 2.22. The molecule has 0 saturated heterocycles. The van der Waals surface area contributed by atoms with E-state index in [1.807, 2.05) is 13.2 Å². The standard InChI is InChI=1S/C12H20N2O3S2/c1-9(18-2)7-14-19(15,16)12-6-5-11(17-12)8-13-10-3-4-10/h5-6,9-10,13-14H,3-4,7-8H2,1-2H3. The summed E-state index contributed by atoms with van der Waals surface area (Å²) < 4.78 is 31.9. The first-order valence-corrected chi connectivity index (χ1v) is 9.13. The van der Waals surface area contributed by atoms with Gasteiger partial charge in [-0.1, -0.05) is 6.92 Å². The molecule has 1 aliphatic rings. The zero-order valence-electron chi connectivity index (χ0n) is 11.2. The number of sulfonamides is 1. The number of nitrogens with one attached hydrogen (secondary N) is 2. The molecule has 1 atom stereocenters. The molecule has 0 amide bonds. The number of hydrogen-bond donors (Lipinski definition) is 2. The molecule has 1 heterocycles. The van der Waals surface area contributed by atoms with Crippen LogP contribution >= 0.6 is 11.8 Å². The lowest BCUT2D eigenvalue weighted by Crippen LogP contribution is -2.29. The molecule has 2 rings (SSSR count). The van der Waals surface area contributed by atoms with Gasteiger partial charge in [0.05, 0.1) is 6.54 Å². The molecule has 0 spiro atoms. The average molecular weight is 304 g/mol. The van der Waals surface area contributed by atoms with Gasteiger partial charge in [0.25, 0.3) is 10.0 Å². The molecular formula is C12H20N2O3S2. The summed E-state index contributed by atoms with van der Waals surface area (Å²) in [6.07, 6.45) is 4.34. The molecule has 0 bridgehead atoms. The topological polar surface area (TPSA) is 71.3 Å². The predicted molar refractivity (Wildman–Crippen MR) is 76.7 cm³/mol.